The molecule has 5 N–H and O–H groups in total. The fraction of sp³-hybridized carbons (Fsp3) is 0.0556. The number of fused-ring (bicyclic) bond motifs is 1. The summed E-state index contributed by atoms with van der Waals surface area (Å²) in [6.07, 6.45) is 1.73. The number of aromatic nitrogens is 1. The van der Waals surface area contributed by atoms with Crippen LogP contribution < -0.4 is 11.1 Å². The maximum atomic E-state index is 12.3. The normalized spacial score (nSPS) is 10.6. The highest BCUT2D eigenvalue weighted by atomic mass is 16.4. The first-order chi connectivity index (χ1) is 12.0. The molecule has 7 nitrogen and oxygen atoms in total. The van der Waals surface area contributed by atoms with Crippen LogP contribution in [0.3, 0.4) is 0 Å². The van der Waals surface area contributed by atoms with Crippen LogP contribution in [0.4, 0.5) is 0 Å². The molecule has 0 atom stereocenters. The number of rotatable bonds is 5. The van der Waals surface area contributed by atoms with E-state index in [9.17, 15) is 14.4 Å². The van der Waals surface area contributed by atoms with Crippen LogP contribution in [0.2, 0.25) is 0 Å². The average molecular weight is 337 g/mol. The van der Waals surface area contributed by atoms with Gasteiger partial charge in [0.2, 0.25) is 5.91 Å². The van der Waals surface area contributed by atoms with Crippen molar-refractivity contribution in [3.8, 4) is 11.1 Å². The molecule has 25 heavy (non-hydrogen) atoms. The van der Waals surface area contributed by atoms with Crippen LogP contribution in [0, 0.1) is 0 Å². The van der Waals surface area contributed by atoms with Gasteiger partial charge in [-0.15, -0.1) is 0 Å². The van der Waals surface area contributed by atoms with E-state index in [-0.39, 0.29) is 0 Å². The molecule has 1 heterocycles. The van der Waals surface area contributed by atoms with E-state index in [4.69, 9.17) is 10.8 Å². The Balaban J connectivity index is 2.05. The third-order valence-corrected chi connectivity index (χ3v) is 3.83. The van der Waals surface area contributed by atoms with Crippen molar-refractivity contribution in [2.45, 2.75) is 0 Å². The van der Waals surface area contributed by atoms with Gasteiger partial charge >= 0.3 is 5.97 Å². The zero-order valence-corrected chi connectivity index (χ0v) is 13.1. The second-order valence-electron chi connectivity index (χ2n) is 5.45. The summed E-state index contributed by atoms with van der Waals surface area (Å²) in [7, 11) is 0. The highest BCUT2D eigenvalue weighted by Gasteiger charge is 2.16. The molecule has 7 heteroatoms. The first-order valence-corrected chi connectivity index (χ1v) is 7.47. The number of primary amides is 1. The number of carbonyl (C=O) groups excluding carboxylic acids is 2. The lowest BCUT2D eigenvalue weighted by Gasteiger charge is -2.09. The van der Waals surface area contributed by atoms with Crippen molar-refractivity contribution in [1.82, 2.24) is 10.3 Å². The zero-order valence-electron chi connectivity index (χ0n) is 13.1. The fourth-order valence-electron chi connectivity index (χ4n) is 2.67. The fourth-order valence-corrected chi connectivity index (χ4v) is 2.67. The van der Waals surface area contributed by atoms with Gasteiger partial charge in [0.15, 0.2) is 0 Å². The Bertz CT molecular complexity index is 991. The van der Waals surface area contributed by atoms with Gasteiger partial charge in [0.1, 0.15) is 6.54 Å². The largest absolute Gasteiger partial charge is 0.480 e. The van der Waals surface area contributed by atoms with Crippen molar-refractivity contribution in [3.63, 3.8) is 0 Å². The molecule has 3 aromatic rings. The Morgan fingerprint density at radius 1 is 1.08 bits per heavy atom. The number of carboxylic acids is 1. The Morgan fingerprint density at radius 3 is 2.56 bits per heavy atom. The highest BCUT2D eigenvalue weighted by Crippen LogP contribution is 2.31. The van der Waals surface area contributed by atoms with Crippen molar-refractivity contribution >= 4 is 28.7 Å². The molecule has 0 saturated heterocycles. The number of hydrogen-bond acceptors (Lipinski definition) is 3. The lowest BCUT2D eigenvalue weighted by Crippen LogP contribution is -2.29. The van der Waals surface area contributed by atoms with Gasteiger partial charge in [-0.05, 0) is 23.8 Å². The molecule has 0 aliphatic carbocycles. The Hall–Kier alpha value is -3.61. The van der Waals surface area contributed by atoms with Crippen LogP contribution in [0.1, 0.15) is 20.7 Å². The zero-order chi connectivity index (χ0) is 18.0. The molecule has 2 aromatic carbocycles. The maximum Gasteiger partial charge on any atom is 0.322 e. The average Bonchev–Trinajstić information content (AvgIpc) is 3.02. The van der Waals surface area contributed by atoms with Crippen LogP contribution in [0.15, 0.2) is 48.7 Å². The van der Waals surface area contributed by atoms with E-state index >= 15 is 0 Å². The Kier molecular flexibility index (Phi) is 4.21. The monoisotopic (exact) mass is 337 g/mol. The lowest BCUT2D eigenvalue weighted by molar-refractivity contribution is -0.135. The second kappa shape index (κ2) is 6.48. The molecule has 0 aliphatic rings. The van der Waals surface area contributed by atoms with Gasteiger partial charge in [0.05, 0.1) is 0 Å². The van der Waals surface area contributed by atoms with Gasteiger partial charge < -0.3 is 21.1 Å². The number of nitrogens with two attached hydrogens (primary N) is 1. The minimum absolute atomic E-state index is 0.364. The third-order valence-electron chi connectivity index (χ3n) is 3.83. The van der Waals surface area contributed by atoms with E-state index in [0.717, 1.165) is 10.9 Å². The first-order valence-electron chi connectivity index (χ1n) is 7.47. The molecule has 0 saturated carbocycles. The van der Waals surface area contributed by atoms with E-state index in [0.29, 0.717) is 22.2 Å². The molecule has 3 rings (SSSR count). The molecule has 0 unspecified atom stereocenters. The molecule has 0 aliphatic heterocycles. The molecule has 2 amide bonds. The molecule has 0 fully saturated rings. The SMILES string of the molecule is NC(=O)c1ccc2c(-c3ccccc3C(=O)NCC(=O)O)c[nH]c2c1. The van der Waals surface area contributed by atoms with Crippen molar-refractivity contribution < 1.29 is 19.5 Å². The Morgan fingerprint density at radius 2 is 1.84 bits per heavy atom. The molecule has 126 valence electrons. The van der Waals surface area contributed by atoms with Crippen molar-refractivity contribution in [2.24, 2.45) is 5.73 Å². The highest BCUT2D eigenvalue weighted by molar-refractivity contribution is 6.07. The number of hydrogen-bond donors (Lipinski definition) is 4. The topological polar surface area (TPSA) is 125 Å². The molecular weight excluding hydrogens is 322 g/mol. The van der Waals surface area contributed by atoms with E-state index in [1.165, 1.54) is 0 Å². The van der Waals surface area contributed by atoms with E-state index in [1.54, 1.807) is 48.7 Å². The predicted molar refractivity (Wildman–Crippen MR) is 92.2 cm³/mol. The van der Waals surface area contributed by atoms with Gasteiger partial charge in [-0.2, -0.15) is 0 Å². The molecule has 1 aromatic heterocycles. The van der Waals surface area contributed by atoms with Gasteiger partial charge in [-0.3, -0.25) is 14.4 Å². The number of H-pyrrole nitrogens is 1. The van der Waals surface area contributed by atoms with Gasteiger partial charge in [-0.25, -0.2) is 0 Å². The standard InChI is InChI=1S/C18H15N3O4/c19-17(24)10-5-6-12-14(8-20-15(12)7-10)11-3-1-2-4-13(11)18(25)21-9-16(22)23/h1-8,20H,9H2,(H2,19,24)(H,21,25)(H,22,23). The van der Waals surface area contributed by atoms with Gasteiger partial charge in [0, 0.05) is 33.8 Å². The van der Waals surface area contributed by atoms with E-state index < -0.39 is 24.3 Å². The second-order valence-corrected chi connectivity index (χ2v) is 5.45. The summed E-state index contributed by atoms with van der Waals surface area (Å²) in [5.74, 6) is -2.11. The minimum atomic E-state index is -1.11. The number of carbonyl (C=O) groups is 3. The maximum absolute atomic E-state index is 12.3. The van der Waals surface area contributed by atoms with Crippen LogP contribution in [0.5, 0.6) is 0 Å². The van der Waals surface area contributed by atoms with E-state index in [1.807, 2.05) is 0 Å². The molecule has 0 spiro atoms. The summed E-state index contributed by atoms with van der Waals surface area (Å²) in [6.45, 7) is -0.455. The quantitative estimate of drug-likeness (QED) is 0.566. The minimum Gasteiger partial charge on any atom is -0.480 e. The summed E-state index contributed by atoms with van der Waals surface area (Å²) in [6, 6.07) is 11.9. The van der Waals surface area contributed by atoms with Crippen LogP contribution >= 0.6 is 0 Å². The first kappa shape index (κ1) is 16.3. The number of amides is 2. The summed E-state index contributed by atoms with van der Waals surface area (Å²) in [5, 5.41) is 11.9. The number of aliphatic carboxylic acids is 1. The predicted octanol–water partition coefficient (Wildman–Crippen LogP) is 1.75. The number of carboxylic acid groups (broad SMARTS) is 1. The molecule has 0 radical (unpaired) electrons. The molecule has 0 bridgehead atoms. The number of aromatic amines is 1. The number of benzene rings is 2. The van der Waals surface area contributed by atoms with Gasteiger partial charge in [-0.1, -0.05) is 24.3 Å². The number of nitrogens with one attached hydrogen (secondary N) is 2. The van der Waals surface area contributed by atoms with Gasteiger partial charge in [0.25, 0.3) is 5.91 Å². The van der Waals surface area contributed by atoms with Crippen molar-refractivity contribution in [2.75, 3.05) is 6.54 Å². The van der Waals surface area contributed by atoms with Crippen molar-refractivity contribution in [3.05, 3.63) is 59.8 Å². The van der Waals surface area contributed by atoms with Crippen LogP contribution in [0.25, 0.3) is 22.0 Å². The third kappa shape index (κ3) is 3.20. The lowest BCUT2D eigenvalue weighted by atomic mass is 9.98. The van der Waals surface area contributed by atoms with Crippen LogP contribution in [-0.4, -0.2) is 34.4 Å². The van der Waals surface area contributed by atoms with Crippen molar-refractivity contribution in [1.29, 1.82) is 0 Å². The summed E-state index contributed by atoms with van der Waals surface area (Å²) in [5.41, 5.74) is 8.18. The smallest absolute Gasteiger partial charge is 0.322 e. The summed E-state index contributed by atoms with van der Waals surface area (Å²) < 4.78 is 0. The summed E-state index contributed by atoms with van der Waals surface area (Å²) >= 11 is 0. The summed E-state index contributed by atoms with van der Waals surface area (Å²) in [4.78, 5) is 37.3. The Labute approximate surface area is 142 Å². The molecular formula is C18H15N3O4. The van der Waals surface area contributed by atoms with E-state index in [2.05, 4.69) is 10.3 Å². The van der Waals surface area contributed by atoms with Crippen LogP contribution in [-0.2, 0) is 4.79 Å².